The number of hydrogen-bond donors (Lipinski definition) is 2. The number of halogens is 2. The molecule has 1 atom stereocenters. The van der Waals surface area contributed by atoms with Gasteiger partial charge in [0, 0.05) is 38.3 Å². The lowest BCUT2D eigenvalue weighted by Gasteiger charge is -2.38. The Balaban J connectivity index is 0.000000311. The van der Waals surface area contributed by atoms with Crippen molar-refractivity contribution in [3.05, 3.63) is 60.0 Å². The Morgan fingerprint density at radius 2 is 1.97 bits per heavy atom. The summed E-state index contributed by atoms with van der Waals surface area (Å²) in [5.74, 6) is -2.41. The van der Waals surface area contributed by atoms with Gasteiger partial charge in [0.2, 0.25) is 12.3 Å². The summed E-state index contributed by atoms with van der Waals surface area (Å²) < 4.78 is 36.4. The molecule has 2 aromatic heterocycles. The lowest BCUT2D eigenvalue weighted by atomic mass is 10.0. The summed E-state index contributed by atoms with van der Waals surface area (Å²) in [5, 5.41) is 15.6. The standard InChI is InChI=1S/C20H21F2N3O4.C7H10N2/c1-13-8-14(15-4-6-23-18(9-15)24-12-27)2-3-16(13)29-17-5-7-25(19(28)10-26)11-20(17,21)22;1-9-5-4-7(8-9)6-2-3-6/h2-4,6,8-9,12,17,26H,5,7,10-11H2,1H3,(H,23,24,27);4-6H,2-3H2,1H3. The first-order chi connectivity index (χ1) is 18.2. The number of ether oxygens (including phenoxy) is 1. The number of aryl methyl sites for hydroxylation is 2. The van der Waals surface area contributed by atoms with Crippen LogP contribution in [0, 0.1) is 6.92 Å². The largest absolute Gasteiger partial charge is 0.484 e. The number of anilines is 1. The first-order valence-corrected chi connectivity index (χ1v) is 12.4. The highest BCUT2D eigenvalue weighted by molar-refractivity contribution is 5.77. The van der Waals surface area contributed by atoms with Crippen LogP contribution in [-0.2, 0) is 16.6 Å². The molecule has 9 nitrogen and oxygen atoms in total. The van der Waals surface area contributed by atoms with Gasteiger partial charge >= 0.3 is 5.92 Å². The van der Waals surface area contributed by atoms with Crippen LogP contribution in [0.15, 0.2) is 48.8 Å². The number of nitrogens with zero attached hydrogens (tertiary/aromatic N) is 4. The zero-order chi connectivity index (χ0) is 27.3. The van der Waals surface area contributed by atoms with Gasteiger partial charge in [0.25, 0.3) is 0 Å². The fraction of sp³-hybridized carbons (Fsp3) is 0.407. The van der Waals surface area contributed by atoms with Crippen molar-refractivity contribution in [2.24, 2.45) is 7.05 Å². The Morgan fingerprint density at radius 1 is 1.21 bits per heavy atom. The Morgan fingerprint density at radius 3 is 2.58 bits per heavy atom. The van der Waals surface area contributed by atoms with Crippen molar-refractivity contribution >= 4 is 18.1 Å². The number of carbonyl (C=O) groups excluding carboxylic acids is 2. The minimum Gasteiger partial charge on any atom is -0.484 e. The molecule has 2 fully saturated rings. The Hall–Kier alpha value is -3.86. The topological polar surface area (TPSA) is 110 Å². The number of rotatable bonds is 7. The average Bonchev–Trinajstić information content (AvgIpc) is 3.66. The molecule has 1 aliphatic heterocycles. The summed E-state index contributed by atoms with van der Waals surface area (Å²) in [6.07, 6.45) is 5.39. The van der Waals surface area contributed by atoms with Crippen LogP contribution in [0.1, 0.15) is 36.4 Å². The van der Waals surface area contributed by atoms with E-state index in [4.69, 9.17) is 9.84 Å². The van der Waals surface area contributed by atoms with Crippen molar-refractivity contribution < 1.29 is 28.2 Å². The van der Waals surface area contributed by atoms with Gasteiger partial charge in [0.1, 0.15) is 18.2 Å². The Kier molecular flexibility index (Phi) is 8.35. The number of alkyl halides is 2. The summed E-state index contributed by atoms with van der Waals surface area (Å²) in [5.41, 5.74) is 3.58. The molecular formula is C27H31F2N5O4. The fourth-order valence-electron chi connectivity index (χ4n) is 4.27. The molecule has 0 radical (unpaired) electrons. The van der Waals surface area contributed by atoms with E-state index in [1.54, 1.807) is 43.5 Å². The molecule has 2 amide bonds. The van der Waals surface area contributed by atoms with E-state index in [0.29, 0.717) is 23.5 Å². The Bertz CT molecular complexity index is 1280. The van der Waals surface area contributed by atoms with Crippen LogP contribution in [0.3, 0.4) is 0 Å². The maximum Gasteiger partial charge on any atom is 0.301 e. The number of likely N-dealkylation sites (tertiary alicyclic amines) is 1. The molecule has 1 unspecified atom stereocenters. The highest BCUT2D eigenvalue weighted by atomic mass is 19.3. The van der Waals surface area contributed by atoms with Gasteiger partial charge in [0.05, 0.1) is 12.2 Å². The minimum absolute atomic E-state index is 0.0367. The number of aliphatic hydroxyl groups is 1. The van der Waals surface area contributed by atoms with E-state index in [0.717, 1.165) is 21.9 Å². The minimum atomic E-state index is -3.23. The molecule has 2 aliphatic rings. The first kappa shape index (κ1) is 27.2. The number of amides is 2. The van der Waals surface area contributed by atoms with Gasteiger partial charge in [0.15, 0.2) is 6.10 Å². The monoisotopic (exact) mass is 527 g/mol. The van der Waals surface area contributed by atoms with Crippen molar-refractivity contribution in [1.82, 2.24) is 19.7 Å². The van der Waals surface area contributed by atoms with Crippen molar-refractivity contribution in [2.75, 3.05) is 25.0 Å². The quantitative estimate of drug-likeness (QED) is 0.455. The maximum atomic E-state index is 14.5. The van der Waals surface area contributed by atoms with Gasteiger partial charge in [-0.1, -0.05) is 6.07 Å². The molecule has 1 saturated heterocycles. The van der Waals surface area contributed by atoms with Gasteiger partial charge in [-0.05, 0) is 66.8 Å². The third kappa shape index (κ3) is 6.71. The van der Waals surface area contributed by atoms with Crippen LogP contribution >= 0.6 is 0 Å². The second-order valence-corrected chi connectivity index (χ2v) is 9.49. The molecule has 3 aromatic rings. The van der Waals surface area contributed by atoms with E-state index < -0.39 is 31.1 Å². The van der Waals surface area contributed by atoms with Crippen LogP contribution in [0.4, 0.5) is 14.6 Å². The van der Waals surface area contributed by atoms with E-state index >= 15 is 0 Å². The predicted molar refractivity (Wildman–Crippen MR) is 137 cm³/mol. The second-order valence-electron chi connectivity index (χ2n) is 9.49. The summed E-state index contributed by atoms with van der Waals surface area (Å²) >= 11 is 0. The molecular weight excluding hydrogens is 496 g/mol. The van der Waals surface area contributed by atoms with Crippen molar-refractivity contribution in [3.8, 4) is 16.9 Å². The molecule has 0 bridgehead atoms. The molecule has 0 spiro atoms. The second kappa shape index (κ2) is 11.7. The van der Waals surface area contributed by atoms with Crippen molar-refractivity contribution in [1.29, 1.82) is 0 Å². The van der Waals surface area contributed by atoms with Crippen LogP contribution in [0.5, 0.6) is 5.75 Å². The summed E-state index contributed by atoms with van der Waals surface area (Å²) in [4.78, 5) is 27.0. The SMILES string of the molecule is Cc1cc(-c2ccnc(NC=O)c2)ccc1OC1CCN(C(=O)CO)CC1(F)F.Cn1ccc(C2CC2)n1. The number of pyridine rings is 1. The van der Waals surface area contributed by atoms with Gasteiger partial charge in [-0.2, -0.15) is 5.10 Å². The van der Waals surface area contributed by atoms with Crippen molar-refractivity contribution in [2.45, 2.75) is 44.1 Å². The normalized spacial score (nSPS) is 18.2. The molecule has 1 saturated carbocycles. The number of benzene rings is 1. The van der Waals surface area contributed by atoms with Crippen molar-refractivity contribution in [3.63, 3.8) is 0 Å². The molecule has 11 heteroatoms. The van der Waals surface area contributed by atoms with E-state index in [2.05, 4.69) is 21.5 Å². The molecule has 1 aromatic carbocycles. The highest BCUT2D eigenvalue weighted by Gasteiger charge is 2.47. The van der Waals surface area contributed by atoms with Crippen LogP contribution in [0.2, 0.25) is 0 Å². The molecule has 5 rings (SSSR count). The summed E-state index contributed by atoms with van der Waals surface area (Å²) in [7, 11) is 1.96. The van der Waals surface area contributed by atoms with Gasteiger partial charge < -0.3 is 20.1 Å². The zero-order valence-corrected chi connectivity index (χ0v) is 21.3. The van der Waals surface area contributed by atoms with Crippen LogP contribution in [0.25, 0.3) is 11.1 Å². The molecule has 1 aliphatic carbocycles. The number of carbonyl (C=O) groups is 2. The van der Waals surface area contributed by atoms with Gasteiger partial charge in [-0.25, -0.2) is 13.8 Å². The number of aliphatic hydroxyl groups excluding tert-OH is 1. The van der Waals surface area contributed by atoms with Gasteiger partial charge in [-0.3, -0.25) is 14.3 Å². The lowest BCUT2D eigenvalue weighted by Crippen LogP contribution is -2.55. The smallest absolute Gasteiger partial charge is 0.301 e. The van der Waals surface area contributed by atoms with E-state index in [9.17, 15) is 18.4 Å². The van der Waals surface area contributed by atoms with E-state index in [1.165, 1.54) is 18.5 Å². The van der Waals surface area contributed by atoms with E-state index in [-0.39, 0.29) is 13.0 Å². The molecule has 202 valence electrons. The van der Waals surface area contributed by atoms with Crippen LogP contribution in [-0.4, -0.2) is 68.8 Å². The van der Waals surface area contributed by atoms with E-state index in [1.807, 2.05) is 17.9 Å². The number of hydrogen-bond acceptors (Lipinski definition) is 6. The third-order valence-corrected chi connectivity index (χ3v) is 6.50. The zero-order valence-electron chi connectivity index (χ0n) is 21.3. The first-order valence-electron chi connectivity index (χ1n) is 12.4. The predicted octanol–water partition coefficient (Wildman–Crippen LogP) is 3.53. The van der Waals surface area contributed by atoms with Gasteiger partial charge in [-0.15, -0.1) is 0 Å². The number of nitrogens with one attached hydrogen (secondary N) is 1. The number of piperidine rings is 1. The molecule has 38 heavy (non-hydrogen) atoms. The maximum absolute atomic E-state index is 14.5. The Labute approximate surface area is 219 Å². The average molecular weight is 528 g/mol. The fourth-order valence-corrected chi connectivity index (χ4v) is 4.27. The number of aromatic nitrogens is 3. The molecule has 3 heterocycles. The van der Waals surface area contributed by atoms with Crippen LogP contribution < -0.4 is 10.1 Å². The highest BCUT2D eigenvalue weighted by Crippen LogP contribution is 2.38. The third-order valence-electron chi connectivity index (χ3n) is 6.50. The summed E-state index contributed by atoms with van der Waals surface area (Å²) in [6.45, 7) is 0.284. The molecule has 2 N–H and O–H groups in total. The summed E-state index contributed by atoms with van der Waals surface area (Å²) in [6, 6.07) is 10.7. The lowest BCUT2D eigenvalue weighted by molar-refractivity contribution is -0.161.